The van der Waals surface area contributed by atoms with Crippen LogP contribution in [-0.2, 0) is 27.6 Å². The lowest BCUT2D eigenvalue weighted by Gasteiger charge is -2.04. The monoisotopic (exact) mass is 1280 g/mol. The number of halogens is 5. The van der Waals surface area contributed by atoms with Gasteiger partial charge in [-0.25, -0.2) is 9.59 Å². The van der Waals surface area contributed by atoms with E-state index >= 15 is 0 Å². The first-order valence-electron chi connectivity index (χ1n) is 24.7. The van der Waals surface area contributed by atoms with E-state index in [0.29, 0.717) is 44.6 Å². The van der Waals surface area contributed by atoms with Gasteiger partial charge in [-0.3, -0.25) is 4.79 Å². The highest BCUT2D eigenvalue weighted by Gasteiger charge is 2.23. The number of hydrogen-bond donors (Lipinski definition) is 4. The lowest BCUT2D eigenvalue weighted by Crippen LogP contribution is -2.14. The second-order valence-corrected chi connectivity index (χ2v) is 22.7. The summed E-state index contributed by atoms with van der Waals surface area (Å²) in [5, 5.41) is 30.2. The molecule has 0 aliphatic rings. The highest BCUT2D eigenvalue weighted by atomic mass is 79.9. The maximum atomic E-state index is 12.3. The molecule has 23 heteroatoms. The van der Waals surface area contributed by atoms with Crippen LogP contribution < -0.4 is 5.73 Å². The van der Waals surface area contributed by atoms with E-state index < -0.39 is 17.8 Å². The van der Waals surface area contributed by atoms with Crippen molar-refractivity contribution in [3.8, 4) is 31.3 Å². The number of primary amides is 1. The molecule has 0 spiro atoms. The number of ether oxygens (including phenoxy) is 2. The number of aromatic amines is 3. The van der Waals surface area contributed by atoms with Crippen LogP contribution >= 0.6 is 96.3 Å². The number of aromatic nitrogens is 9. The maximum Gasteiger partial charge on any atom is 0.360 e. The van der Waals surface area contributed by atoms with Gasteiger partial charge >= 0.3 is 11.9 Å². The standard InChI is InChI=1S/C20H16ClN3O2S.C18H13ClN4OS.C15H10Cl2N2O2S.C5H6BrN/c1-2-26-20(25)18-19-15(16(23-24-18)10-14-4-3-9-22-14)11-17(27-19)12-5-7-13(21)8-6-12;19-11-5-3-10(4-6-11)15-9-13-14(8-12-2-1-7-21-12)22-23-16(18(20)24)17(13)25-15;1-2-21-15(20)12-13-10(14(17)19-18-12)7-11(22-13)8-3-5-9(16)6-4-8;6-4-5-2-1-3-7-5/h3-9,11,22H,2,10H2,1H3;1-7,9,21H,8H2,(H2,20,24);3-7H,2H2,1H3;1-3,7H,4H2. The van der Waals surface area contributed by atoms with Crippen LogP contribution in [-0.4, -0.2) is 76.6 Å². The van der Waals surface area contributed by atoms with E-state index in [0.717, 1.165) is 79.6 Å². The Labute approximate surface area is 504 Å². The van der Waals surface area contributed by atoms with Gasteiger partial charge < -0.3 is 30.2 Å². The fraction of sp³-hybridized carbons (Fsp3) is 0.121. The quantitative estimate of drug-likeness (QED) is 0.0628. The zero-order valence-electron chi connectivity index (χ0n) is 42.8. The number of thiophene rings is 3. The number of fused-ring (bicyclic) bond motifs is 3. The molecule has 0 radical (unpaired) electrons. The van der Waals surface area contributed by atoms with Gasteiger partial charge in [-0.05, 0) is 122 Å². The number of esters is 2. The van der Waals surface area contributed by atoms with Crippen molar-refractivity contribution in [1.29, 1.82) is 0 Å². The van der Waals surface area contributed by atoms with E-state index in [1.165, 1.54) is 39.7 Å². The molecule has 1 amide bonds. The molecule has 0 atom stereocenters. The van der Waals surface area contributed by atoms with Gasteiger partial charge in [0.1, 0.15) is 0 Å². The summed E-state index contributed by atoms with van der Waals surface area (Å²) in [4.78, 5) is 48.4. The minimum absolute atomic E-state index is 0.187. The smallest absolute Gasteiger partial charge is 0.360 e. The molecule has 0 aliphatic heterocycles. The number of carbonyl (C=O) groups is 3. The lowest BCUT2D eigenvalue weighted by atomic mass is 10.1. The molecule has 81 heavy (non-hydrogen) atoms. The number of benzene rings is 3. The fourth-order valence-electron chi connectivity index (χ4n) is 8.02. The first-order valence-corrected chi connectivity index (χ1v) is 29.8. The molecular formula is C58H45BrCl4N10O5S3. The highest BCUT2D eigenvalue weighted by Crippen LogP contribution is 2.40. The van der Waals surface area contributed by atoms with Crippen LogP contribution in [0.5, 0.6) is 0 Å². The largest absolute Gasteiger partial charge is 0.461 e. The van der Waals surface area contributed by atoms with E-state index in [9.17, 15) is 14.4 Å². The number of alkyl halides is 1. The number of rotatable bonds is 13. The summed E-state index contributed by atoms with van der Waals surface area (Å²) in [6.45, 7) is 4.09. The molecule has 0 saturated heterocycles. The predicted octanol–water partition coefficient (Wildman–Crippen LogP) is 15.9. The fourth-order valence-corrected chi connectivity index (χ4v) is 12.5. The molecule has 12 rings (SSSR count). The molecular weight excluding hydrogens is 1230 g/mol. The summed E-state index contributed by atoms with van der Waals surface area (Å²) in [5.74, 6) is -1.53. The first-order chi connectivity index (χ1) is 39.3. The molecule has 0 aliphatic carbocycles. The van der Waals surface area contributed by atoms with Crippen LogP contribution in [0.2, 0.25) is 20.2 Å². The predicted molar refractivity (Wildman–Crippen MR) is 330 cm³/mol. The highest BCUT2D eigenvalue weighted by molar-refractivity contribution is 9.08. The number of nitrogens with two attached hydrogens (primary N) is 1. The van der Waals surface area contributed by atoms with Crippen LogP contribution in [0.15, 0.2) is 146 Å². The van der Waals surface area contributed by atoms with Crippen molar-refractivity contribution in [3.05, 3.63) is 212 Å². The molecule has 12 aromatic rings. The average Bonchev–Trinajstić information content (AvgIpc) is 4.48. The van der Waals surface area contributed by atoms with E-state index in [1.807, 2.05) is 140 Å². The van der Waals surface area contributed by atoms with Crippen molar-refractivity contribution in [2.75, 3.05) is 13.2 Å². The van der Waals surface area contributed by atoms with Crippen molar-refractivity contribution >= 4 is 144 Å². The van der Waals surface area contributed by atoms with E-state index in [2.05, 4.69) is 67.5 Å². The Kier molecular flexibility index (Phi) is 19.7. The molecule has 3 aromatic carbocycles. The number of nitrogens with zero attached hydrogens (tertiary/aromatic N) is 6. The lowest BCUT2D eigenvalue weighted by molar-refractivity contribution is 0.0511. The van der Waals surface area contributed by atoms with Crippen LogP contribution in [0.25, 0.3) is 61.6 Å². The first kappa shape index (κ1) is 58.3. The Balaban J connectivity index is 0.000000139. The van der Waals surface area contributed by atoms with Gasteiger partial charge in [0.15, 0.2) is 22.2 Å². The van der Waals surface area contributed by atoms with Crippen LogP contribution in [0.4, 0.5) is 0 Å². The summed E-state index contributed by atoms with van der Waals surface area (Å²) in [5.41, 5.74) is 14.1. The molecule has 9 aromatic heterocycles. The van der Waals surface area contributed by atoms with Crippen molar-refractivity contribution in [3.63, 3.8) is 0 Å². The Bertz CT molecular complexity index is 4080. The zero-order valence-corrected chi connectivity index (χ0v) is 49.9. The SMILES string of the molecule is BrCc1ccc[nH]1.CCOC(=O)c1nnc(Cc2ccc[nH]2)c2cc(-c3ccc(Cl)cc3)sc12.CCOC(=O)c1nnc(Cl)c2cc(-c3ccc(Cl)cc3)sc12.NC(=O)c1nnc(Cc2ccc[nH]2)c2cc(-c3ccc(Cl)cc3)sc12. The molecule has 0 fully saturated rings. The number of carbonyl (C=O) groups excluding carboxylic acids is 3. The van der Waals surface area contributed by atoms with Gasteiger partial charge in [-0.2, -0.15) is 10.2 Å². The summed E-state index contributed by atoms with van der Waals surface area (Å²) in [7, 11) is 0. The molecule has 5 N–H and O–H groups in total. The zero-order chi connectivity index (χ0) is 57.0. The van der Waals surface area contributed by atoms with Crippen molar-refractivity contribution in [1.82, 2.24) is 45.5 Å². The van der Waals surface area contributed by atoms with Gasteiger partial charge in [-0.15, -0.1) is 54.4 Å². The second kappa shape index (κ2) is 27.4. The van der Waals surface area contributed by atoms with Gasteiger partial charge in [-0.1, -0.05) is 98.7 Å². The number of nitrogens with one attached hydrogen (secondary N) is 3. The van der Waals surface area contributed by atoms with E-state index in [-0.39, 0.29) is 28.8 Å². The Hall–Kier alpha value is -7.33. The van der Waals surface area contributed by atoms with Gasteiger partial charge in [0.2, 0.25) is 0 Å². The third-order valence-electron chi connectivity index (χ3n) is 11.9. The Morgan fingerprint density at radius 1 is 0.494 bits per heavy atom. The molecule has 15 nitrogen and oxygen atoms in total. The van der Waals surface area contributed by atoms with E-state index in [4.69, 9.17) is 61.6 Å². The van der Waals surface area contributed by atoms with Crippen LogP contribution in [0.3, 0.4) is 0 Å². The number of H-pyrrole nitrogens is 3. The maximum absolute atomic E-state index is 12.3. The number of amides is 1. The minimum atomic E-state index is -0.576. The van der Waals surface area contributed by atoms with Gasteiger partial charge in [0, 0.05) is 99.7 Å². The third-order valence-corrected chi connectivity index (χ3v) is 17.1. The van der Waals surface area contributed by atoms with Crippen molar-refractivity contribution in [2.45, 2.75) is 32.0 Å². The average molecular weight is 1280 g/mol. The van der Waals surface area contributed by atoms with Crippen LogP contribution in [0, 0.1) is 0 Å². The van der Waals surface area contributed by atoms with E-state index in [1.54, 1.807) is 13.8 Å². The summed E-state index contributed by atoms with van der Waals surface area (Å²) in [6, 6.07) is 40.5. The normalized spacial score (nSPS) is 10.9. The molecule has 0 saturated carbocycles. The van der Waals surface area contributed by atoms with Crippen molar-refractivity contribution < 1.29 is 23.9 Å². The minimum Gasteiger partial charge on any atom is -0.461 e. The number of hydrogen-bond acceptors (Lipinski definition) is 14. The second-order valence-electron chi connectivity index (χ2n) is 17.3. The van der Waals surface area contributed by atoms with Crippen LogP contribution in [0.1, 0.15) is 73.8 Å². The summed E-state index contributed by atoms with van der Waals surface area (Å²) >= 11 is 31.7. The Morgan fingerprint density at radius 3 is 1.21 bits per heavy atom. The molecule has 9 heterocycles. The summed E-state index contributed by atoms with van der Waals surface area (Å²) < 4.78 is 12.4. The molecule has 0 unspecified atom stereocenters. The topological polar surface area (TPSA) is 220 Å². The van der Waals surface area contributed by atoms with Gasteiger partial charge in [0.25, 0.3) is 5.91 Å². The van der Waals surface area contributed by atoms with Crippen molar-refractivity contribution in [2.24, 2.45) is 5.73 Å². The Morgan fingerprint density at radius 2 is 0.852 bits per heavy atom. The molecule has 0 bridgehead atoms. The molecule has 410 valence electrons. The van der Waals surface area contributed by atoms with Gasteiger partial charge in [0.05, 0.1) is 38.7 Å². The third kappa shape index (κ3) is 14.4. The summed E-state index contributed by atoms with van der Waals surface area (Å²) in [6.07, 6.45) is 6.86.